The van der Waals surface area contributed by atoms with Crippen molar-refractivity contribution in [3.8, 4) is 6.07 Å². The van der Waals surface area contributed by atoms with Crippen LogP contribution in [0.5, 0.6) is 0 Å². The first-order valence-electron chi connectivity index (χ1n) is 5.38. The van der Waals surface area contributed by atoms with E-state index >= 15 is 0 Å². The van der Waals surface area contributed by atoms with Gasteiger partial charge in [0.25, 0.3) is 0 Å². The molecule has 0 bridgehead atoms. The molecule has 0 spiro atoms. The summed E-state index contributed by atoms with van der Waals surface area (Å²) in [4.78, 5) is 0. The van der Waals surface area contributed by atoms with E-state index in [1.165, 1.54) is 12.1 Å². The van der Waals surface area contributed by atoms with Gasteiger partial charge in [0, 0.05) is 0 Å². The summed E-state index contributed by atoms with van der Waals surface area (Å²) in [6, 6.07) is 8.65. The van der Waals surface area contributed by atoms with E-state index in [1.54, 1.807) is 6.07 Å². The van der Waals surface area contributed by atoms with Crippen molar-refractivity contribution in [1.82, 2.24) is 0 Å². The van der Waals surface area contributed by atoms with Crippen LogP contribution in [0.25, 0.3) is 0 Å². The van der Waals surface area contributed by atoms with Crippen LogP contribution in [0.2, 0.25) is 0 Å². The van der Waals surface area contributed by atoms with Gasteiger partial charge in [0.15, 0.2) is 0 Å². The molecule has 0 aromatic heterocycles. The Kier molecular flexibility index (Phi) is 4.30. The molecular weight excluding hydrogens is 189 g/mol. The van der Waals surface area contributed by atoms with Gasteiger partial charge in [-0.3, -0.25) is 0 Å². The lowest BCUT2D eigenvalue weighted by molar-refractivity contribution is 0.451. The molecule has 0 aliphatic carbocycles. The zero-order valence-electron chi connectivity index (χ0n) is 9.20. The molecule has 80 valence electrons. The Morgan fingerprint density at radius 1 is 1.33 bits per heavy atom. The van der Waals surface area contributed by atoms with E-state index in [1.807, 2.05) is 6.07 Å². The number of halogens is 1. The summed E-state index contributed by atoms with van der Waals surface area (Å²) >= 11 is 0. The molecule has 0 amide bonds. The van der Waals surface area contributed by atoms with Crippen LogP contribution in [0.1, 0.15) is 38.2 Å². The third-order valence-corrected chi connectivity index (χ3v) is 2.87. The maximum Gasteiger partial charge on any atom is 0.123 e. The van der Waals surface area contributed by atoms with Crippen LogP contribution < -0.4 is 0 Å². The normalized spacial score (nSPS) is 12.5. The molecule has 0 fully saturated rings. The van der Waals surface area contributed by atoms with Crippen molar-refractivity contribution in [2.24, 2.45) is 5.92 Å². The molecule has 1 atom stereocenters. The summed E-state index contributed by atoms with van der Waals surface area (Å²) in [5.74, 6) is -0.133. The molecule has 0 aliphatic rings. The van der Waals surface area contributed by atoms with Gasteiger partial charge in [-0.1, -0.05) is 38.8 Å². The highest BCUT2D eigenvalue weighted by molar-refractivity contribution is 5.26. The zero-order chi connectivity index (χ0) is 11.3. The Bertz CT molecular complexity index is 350. The number of nitrogens with zero attached hydrogens (tertiary/aromatic N) is 1. The molecule has 0 radical (unpaired) electrons. The Morgan fingerprint density at radius 3 is 2.47 bits per heavy atom. The van der Waals surface area contributed by atoms with Gasteiger partial charge in [0.1, 0.15) is 5.82 Å². The maximum atomic E-state index is 13.0. The Balaban J connectivity index is 2.97. The second kappa shape index (κ2) is 5.50. The number of rotatable bonds is 4. The molecule has 15 heavy (non-hydrogen) atoms. The molecule has 0 saturated carbocycles. The van der Waals surface area contributed by atoms with E-state index in [2.05, 4.69) is 19.9 Å². The largest absolute Gasteiger partial charge is 0.207 e. The number of hydrogen-bond donors (Lipinski definition) is 0. The molecule has 1 aromatic carbocycles. The second-order valence-corrected chi connectivity index (χ2v) is 3.74. The van der Waals surface area contributed by atoms with Gasteiger partial charge in [0.05, 0.1) is 12.0 Å². The van der Waals surface area contributed by atoms with Gasteiger partial charge in [0.2, 0.25) is 0 Å². The first-order valence-corrected chi connectivity index (χ1v) is 5.38. The first-order chi connectivity index (χ1) is 7.22. The van der Waals surface area contributed by atoms with Crippen molar-refractivity contribution < 1.29 is 4.39 Å². The lowest BCUT2D eigenvalue weighted by atomic mass is 9.84. The lowest BCUT2D eigenvalue weighted by Crippen LogP contribution is -2.09. The maximum absolute atomic E-state index is 13.0. The SMILES string of the molecule is CCC(CC)C(C#N)c1cccc(F)c1. The summed E-state index contributed by atoms with van der Waals surface area (Å²) in [5, 5.41) is 9.13. The average molecular weight is 205 g/mol. The lowest BCUT2D eigenvalue weighted by Gasteiger charge is -2.18. The van der Waals surface area contributed by atoms with Crippen molar-refractivity contribution in [2.45, 2.75) is 32.6 Å². The van der Waals surface area contributed by atoms with E-state index in [0.717, 1.165) is 18.4 Å². The summed E-state index contributed by atoms with van der Waals surface area (Å²) in [7, 11) is 0. The summed E-state index contributed by atoms with van der Waals surface area (Å²) in [5.41, 5.74) is 0.797. The van der Waals surface area contributed by atoms with Crippen LogP contribution in [0, 0.1) is 23.1 Å². The van der Waals surface area contributed by atoms with E-state index in [9.17, 15) is 4.39 Å². The van der Waals surface area contributed by atoms with Crippen molar-refractivity contribution in [3.63, 3.8) is 0 Å². The van der Waals surface area contributed by atoms with E-state index < -0.39 is 0 Å². The molecule has 0 N–H and O–H groups in total. The Labute approximate surface area is 90.5 Å². The highest BCUT2D eigenvalue weighted by Crippen LogP contribution is 2.29. The van der Waals surface area contributed by atoms with Crippen molar-refractivity contribution >= 4 is 0 Å². The zero-order valence-corrected chi connectivity index (χ0v) is 9.20. The highest BCUT2D eigenvalue weighted by Gasteiger charge is 2.20. The minimum Gasteiger partial charge on any atom is -0.207 e. The molecule has 2 heteroatoms. The van der Waals surface area contributed by atoms with Crippen LogP contribution >= 0.6 is 0 Å². The van der Waals surface area contributed by atoms with E-state index in [0.29, 0.717) is 5.92 Å². The van der Waals surface area contributed by atoms with Crippen LogP contribution in [0.3, 0.4) is 0 Å². The summed E-state index contributed by atoms with van der Waals surface area (Å²) in [6.07, 6.45) is 1.90. The third kappa shape index (κ3) is 2.79. The van der Waals surface area contributed by atoms with Gasteiger partial charge in [-0.05, 0) is 23.6 Å². The van der Waals surface area contributed by atoms with Gasteiger partial charge in [-0.15, -0.1) is 0 Å². The number of nitriles is 1. The molecule has 1 nitrogen and oxygen atoms in total. The monoisotopic (exact) mass is 205 g/mol. The smallest absolute Gasteiger partial charge is 0.123 e. The fraction of sp³-hybridized carbons (Fsp3) is 0.462. The molecule has 1 rings (SSSR count). The van der Waals surface area contributed by atoms with Gasteiger partial charge in [-0.25, -0.2) is 4.39 Å². The first kappa shape index (κ1) is 11.7. The highest BCUT2D eigenvalue weighted by atomic mass is 19.1. The van der Waals surface area contributed by atoms with Gasteiger partial charge < -0.3 is 0 Å². The van der Waals surface area contributed by atoms with E-state index in [4.69, 9.17) is 5.26 Å². The molecular formula is C13H16FN. The molecule has 1 unspecified atom stereocenters. The van der Waals surface area contributed by atoms with Crippen LogP contribution in [0.4, 0.5) is 4.39 Å². The average Bonchev–Trinajstić information content (AvgIpc) is 2.25. The van der Waals surface area contributed by atoms with Crippen LogP contribution in [-0.4, -0.2) is 0 Å². The Morgan fingerprint density at radius 2 is 2.00 bits per heavy atom. The van der Waals surface area contributed by atoms with E-state index in [-0.39, 0.29) is 11.7 Å². The van der Waals surface area contributed by atoms with Crippen molar-refractivity contribution in [3.05, 3.63) is 35.6 Å². The predicted molar refractivity (Wildman–Crippen MR) is 58.8 cm³/mol. The van der Waals surface area contributed by atoms with Gasteiger partial charge in [-0.2, -0.15) is 5.26 Å². The Hall–Kier alpha value is -1.36. The summed E-state index contributed by atoms with van der Waals surface area (Å²) in [6.45, 7) is 4.13. The standard InChI is InChI=1S/C13H16FN/c1-3-10(4-2)13(9-15)11-6-5-7-12(14)8-11/h5-8,10,13H,3-4H2,1-2H3. The van der Waals surface area contributed by atoms with Gasteiger partial charge >= 0.3 is 0 Å². The van der Waals surface area contributed by atoms with Crippen LogP contribution in [-0.2, 0) is 0 Å². The number of benzene rings is 1. The van der Waals surface area contributed by atoms with Crippen molar-refractivity contribution in [1.29, 1.82) is 5.26 Å². The molecule has 1 aromatic rings. The molecule has 0 aliphatic heterocycles. The van der Waals surface area contributed by atoms with Crippen molar-refractivity contribution in [2.75, 3.05) is 0 Å². The van der Waals surface area contributed by atoms with Crippen LogP contribution in [0.15, 0.2) is 24.3 Å². The fourth-order valence-corrected chi connectivity index (χ4v) is 1.91. The fourth-order valence-electron chi connectivity index (χ4n) is 1.91. The minimum atomic E-state index is -0.265. The summed E-state index contributed by atoms with van der Waals surface area (Å²) < 4.78 is 13.0. The third-order valence-electron chi connectivity index (χ3n) is 2.87. The number of hydrogen-bond acceptors (Lipinski definition) is 1. The predicted octanol–water partition coefficient (Wildman–Crippen LogP) is 3.87. The second-order valence-electron chi connectivity index (χ2n) is 3.74. The molecule has 0 saturated heterocycles. The topological polar surface area (TPSA) is 23.8 Å². The quantitative estimate of drug-likeness (QED) is 0.732. The molecule has 0 heterocycles. The minimum absolute atomic E-state index is 0.185.